The Bertz CT molecular complexity index is 123. The molecule has 0 aromatic rings. The number of nitrogens with one attached hydrogen (secondary N) is 3. The van der Waals surface area contributed by atoms with E-state index in [1.807, 2.05) is 11.6 Å². The Morgan fingerprint density at radius 2 is 2.67 bits per heavy atom. The van der Waals surface area contributed by atoms with Crippen LogP contribution in [0.1, 0.15) is 0 Å². The van der Waals surface area contributed by atoms with Gasteiger partial charge in [0.05, 0.1) is 6.67 Å². The van der Waals surface area contributed by atoms with Crippen LogP contribution in [0.2, 0.25) is 0 Å². The van der Waals surface area contributed by atoms with Crippen LogP contribution in [-0.2, 0) is 0 Å². The minimum absolute atomic E-state index is 0.356. The first-order valence-corrected chi connectivity index (χ1v) is 3.73. The van der Waals surface area contributed by atoms with Gasteiger partial charge in [0.15, 0.2) is 0 Å². The number of hydrogen-bond donors (Lipinski definition) is 3. The zero-order chi connectivity index (χ0) is 6.10. The van der Waals surface area contributed by atoms with Gasteiger partial charge >= 0.3 is 0 Å². The van der Waals surface area contributed by atoms with Gasteiger partial charge in [0.2, 0.25) is 0 Å². The van der Waals surface area contributed by atoms with Crippen molar-refractivity contribution in [2.45, 2.75) is 5.50 Å². The van der Waals surface area contributed by atoms with Crippen LogP contribution >= 0.6 is 11.8 Å². The molecule has 2 aliphatic rings. The van der Waals surface area contributed by atoms with Crippen LogP contribution in [0.3, 0.4) is 0 Å². The summed E-state index contributed by atoms with van der Waals surface area (Å²) in [4.78, 5) is 0. The molecule has 0 aromatic heterocycles. The van der Waals surface area contributed by atoms with E-state index in [2.05, 4.69) is 21.3 Å². The molecule has 2 aliphatic heterocycles. The maximum Gasteiger partial charge on any atom is 0.143 e. The molecule has 5 heteroatoms. The molecule has 0 amide bonds. The fourth-order valence-electron chi connectivity index (χ4n) is 0.840. The molecule has 0 aliphatic carbocycles. The van der Waals surface area contributed by atoms with Gasteiger partial charge in [-0.05, 0) is 5.41 Å². The molecule has 0 radical (unpaired) electrons. The van der Waals surface area contributed by atoms with Crippen LogP contribution in [-0.4, -0.2) is 17.2 Å². The largest absolute Gasteiger partial charge is 0.322 e. The molecule has 0 aromatic carbocycles. The highest BCUT2D eigenvalue weighted by Gasteiger charge is 2.23. The molecule has 4 nitrogen and oxygen atoms in total. The van der Waals surface area contributed by atoms with Crippen molar-refractivity contribution in [1.29, 1.82) is 0 Å². The molecule has 1 fully saturated rings. The van der Waals surface area contributed by atoms with E-state index in [1.165, 1.54) is 0 Å². The van der Waals surface area contributed by atoms with Crippen molar-refractivity contribution in [2.24, 2.45) is 0 Å². The lowest BCUT2D eigenvalue weighted by molar-refractivity contribution is 0.248. The van der Waals surface area contributed by atoms with Crippen LogP contribution in [0, 0.1) is 0 Å². The highest BCUT2D eigenvalue weighted by molar-refractivity contribution is 8.02. The van der Waals surface area contributed by atoms with Gasteiger partial charge in [0.25, 0.3) is 0 Å². The summed E-state index contributed by atoms with van der Waals surface area (Å²) in [6, 6.07) is 0. The molecule has 2 rings (SSSR count). The van der Waals surface area contributed by atoms with Crippen molar-refractivity contribution in [2.75, 3.05) is 6.67 Å². The second kappa shape index (κ2) is 2.18. The van der Waals surface area contributed by atoms with Gasteiger partial charge < -0.3 is 5.43 Å². The van der Waals surface area contributed by atoms with Crippen molar-refractivity contribution in [3.05, 3.63) is 11.6 Å². The number of rotatable bonds is 0. The predicted molar refractivity (Wildman–Crippen MR) is 36.6 cm³/mol. The zero-order valence-corrected chi connectivity index (χ0v) is 5.61. The Hall–Kier alpha value is -0.230. The molecule has 0 spiro atoms. The van der Waals surface area contributed by atoms with Gasteiger partial charge in [0.1, 0.15) is 5.50 Å². The van der Waals surface area contributed by atoms with Crippen molar-refractivity contribution >= 4 is 11.8 Å². The second-order valence-electron chi connectivity index (χ2n) is 1.87. The first-order chi connectivity index (χ1) is 4.47. The summed E-state index contributed by atoms with van der Waals surface area (Å²) >= 11 is 1.74. The van der Waals surface area contributed by atoms with E-state index in [0.29, 0.717) is 5.50 Å². The number of hydrazine groups is 2. The summed E-state index contributed by atoms with van der Waals surface area (Å²) in [6.45, 7) is 0.849. The quantitative estimate of drug-likeness (QED) is 0.422. The summed E-state index contributed by atoms with van der Waals surface area (Å²) < 4.78 is 0. The monoisotopic (exact) mass is 144 g/mol. The Labute approximate surface area is 57.6 Å². The third-order valence-electron chi connectivity index (χ3n) is 1.27. The smallest absolute Gasteiger partial charge is 0.143 e. The summed E-state index contributed by atoms with van der Waals surface area (Å²) in [5, 5.41) is 4.10. The molecule has 1 atom stereocenters. The fraction of sp³-hybridized carbons (Fsp3) is 0.500. The van der Waals surface area contributed by atoms with E-state index in [4.69, 9.17) is 0 Å². The van der Waals surface area contributed by atoms with E-state index in [0.717, 1.165) is 6.67 Å². The average Bonchev–Trinajstić information content (AvgIpc) is 2.33. The van der Waals surface area contributed by atoms with E-state index in [-0.39, 0.29) is 0 Å². The van der Waals surface area contributed by atoms with Crippen molar-refractivity contribution in [3.63, 3.8) is 0 Å². The third-order valence-corrected chi connectivity index (χ3v) is 2.20. The Morgan fingerprint density at radius 1 is 1.67 bits per heavy atom. The Kier molecular flexibility index (Phi) is 1.35. The molecular formula is C4H8N4S. The Balaban J connectivity index is 2.07. The normalized spacial score (nSPS) is 34.0. The van der Waals surface area contributed by atoms with Crippen molar-refractivity contribution < 1.29 is 0 Å². The van der Waals surface area contributed by atoms with Crippen LogP contribution in [0.15, 0.2) is 11.6 Å². The summed E-state index contributed by atoms with van der Waals surface area (Å²) in [6.07, 6.45) is 1.93. The first kappa shape index (κ1) is 5.55. The van der Waals surface area contributed by atoms with Gasteiger partial charge in [-0.25, -0.2) is 10.9 Å². The molecule has 0 bridgehead atoms. The minimum atomic E-state index is 0.356. The number of fused-ring (bicyclic) bond motifs is 1. The van der Waals surface area contributed by atoms with E-state index >= 15 is 0 Å². The van der Waals surface area contributed by atoms with Gasteiger partial charge in [0, 0.05) is 6.20 Å². The maximum absolute atomic E-state index is 3.09. The second-order valence-corrected chi connectivity index (χ2v) is 2.86. The zero-order valence-electron chi connectivity index (χ0n) is 4.79. The average molecular weight is 144 g/mol. The SMILES string of the molecule is C1=CSC2NNCN2N1. The minimum Gasteiger partial charge on any atom is -0.322 e. The van der Waals surface area contributed by atoms with E-state index < -0.39 is 0 Å². The van der Waals surface area contributed by atoms with Gasteiger partial charge in [-0.1, -0.05) is 11.8 Å². The molecule has 0 saturated carbocycles. The molecule has 1 unspecified atom stereocenters. The number of nitrogens with zero attached hydrogens (tertiary/aromatic N) is 1. The molecule has 3 N–H and O–H groups in total. The highest BCUT2D eigenvalue weighted by Crippen LogP contribution is 2.17. The van der Waals surface area contributed by atoms with Crippen LogP contribution < -0.4 is 16.3 Å². The van der Waals surface area contributed by atoms with Crippen molar-refractivity contribution in [3.8, 4) is 0 Å². The standard InChI is InChI=1S/C4H8N4S/c1-2-9-4-7-5-3-8(4)6-1/h1-2,4-7H,3H2. The summed E-state index contributed by atoms with van der Waals surface area (Å²) in [5.74, 6) is 0. The van der Waals surface area contributed by atoms with Gasteiger partial charge in [-0.3, -0.25) is 0 Å². The molecule has 2 heterocycles. The van der Waals surface area contributed by atoms with Crippen LogP contribution in [0.4, 0.5) is 0 Å². The summed E-state index contributed by atoms with van der Waals surface area (Å²) in [5.41, 5.74) is 9.54. The Morgan fingerprint density at radius 3 is 3.56 bits per heavy atom. The molecule has 50 valence electrons. The molecular weight excluding hydrogens is 136 g/mol. The van der Waals surface area contributed by atoms with E-state index in [1.54, 1.807) is 11.8 Å². The van der Waals surface area contributed by atoms with Gasteiger partial charge in [-0.15, -0.1) is 0 Å². The molecule has 9 heavy (non-hydrogen) atoms. The topological polar surface area (TPSA) is 39.3 Å². The van der Waals surface area contributed by atoms with Crippen LogP contribution in [0.5, 0.6) is 0 Å². The fourth-order valence-corrected chi connectivity index (χ4v) is 1.56. The predicted octanol–water partition coefficient (Wildman–Crippen LogP) is -0.640. The lowest BCUT2D eigenvalue weighted by atomic mass is 10.9. The van der Waals surface area contributed by atoms with Gasteiger partial charge in [-0.2, -0.15) is 5.01 Å². The summed E-state index contributed by atoms with van der Waals surface area (Å²) in [7, 11) is 0. The van der Waals surface area contributed by atoms with Crippen LogP contribution in [0.25, 0.3) is 0 Å². The highest BCUT2D eigenvalue weighted by atomic mass is 32.2. The van der Waals surface area contributed by atoms with Crippen molar-refractivity contribution in [1.82, 2.24) is 21.3 Å². The maximum atomic E-state index is 3.09. The first-order valence-electron chi connectivity index (χ1n) is 2.78. The molecule has 1 saturated heterocycles. The number of hydrogen-bond acceptors (Lipinski definition) is 5. The lowest BCUT2D eigenvalue weighted by Crippen LogP contribution is -2.41. The lowest BCUT2D eigenvalue weighted by Gasteiger charge is -2.23. The number of thioether (sulfide) groups is 1. The van der Waals surface area contributed by atoms with E-state index in [9.17, 15) is 0 Å². The third kappa shape index (κ3) is 0.920.